The van der Waals surface area contributed by atoms with Crippen LogP contribution in [-0.4, -0.2) is 42.7 Å². The summed E-state index contributed by atoms with van der Waals surface area (Å²) in [5.74, 6) is -7.32. The summed E-state index contributed by atoms with van der Waals surface area (Å²) in [4.78, 5) is 27.5. The predicted octanol–water partition coefficient (Wildman–Crippen LogP) is 5.04. The van der Waals surface area contributed by atoms with Crippen LogP contribution < -0.4 is 10.4 Å². The highest BCUT2D eigenvalue weighted by Gasteiger charge is 2.40. The highest BCUT2D eigenvalue weighted by atomic mass is 35.5. The third kappa shape index (κ3) is 5.53. The van der Waals surface area contributed by atoms with Crippen LogP contribution in [0.1, 0.15) is 28.7 Å². The fourth-order valence-corrected chi connectivity index (χ4v) is 3.34. The smallest absolute Gasteiger partial charge is 0.429 e. The zero-order valence-corrected chi connectivity index (χ0v) is 19.3. The standard InChI is InChI=1S/C22H15ClF6N4O4/c1-3-18(22(27,28)29)37-17-7-16(33-21(36)32(4-2)19(31-33)20(34)35)14(25)6-11(17)13(24)5-10-12(23)8-30-9-15(10)26/h3,5-9,18H,1,4H2,2H3,(H,34,35)/b13-5-/t18-/m0/s1. The molecular formula is C22H15ClF6N4O4. The Kier molecular flexibility index (Phi) is 7.81. The summed E-state index contributed by atoms with van der Waals surface area (Å²) >= 11 is 5.80. The number of nitrogens with zero attached hydrogens (tertiary/aromatic N) is 4. The van der Waals surface area contributed by atoms with E-state index in [4.69, 9.17) is 16.3 Å². The van der Waals surface area contributed by atoms with Gasteiger partial charge >= 0.3 is 17.8 Å². The third-order valence-corrected chi connectivity index (χ3v) is 5.16. The van der Waals surface area contributed by atoms with Crippen molar-refractivity contribution < 1.29 is 41.0 Å². The van der Waals surface area contributed by atoms with Crippen LogP contribution in [0.15, 0.2) is 42.0 Å². The minimum Gasteiger partial charge on any atom is -0.476 e. The molecule has 37 heavy (non-hydrogen) atoms. The normalized spacial score (nSPS) is 12.9. The van der Waals surface area contributed by atoms with Crippen molar-refractivity contribution in [2.75, 3.05) is 0 Å². The fraction of sp³-hybridized carbons (Fsp3) is 0.182. The molecule has 196 valence electrons. The number of aromatic nitrogens is 4. The van der Waals surface area contributed by atoms with Gasteiger partial charge in [0.2, 0.25) is 11.9 Å². The van der Waals surface area contributed by atoms with Crippen LogP contribution >= 0.6 is 11.6 Å². The van der Waals surface area contributed by atoms with Gasteiger partial charge in [0.1, 0.15) is 28.9 Å². The topological polar surface area (TPSA) is 99.2 Å². The molecule has 1 atom stereocenters. The first-order chi connectivity index (χ1) is 17.3. The zero-order chi connectivity index (χ0) is 27.7. The Hall–Kier alpha value is -4.07. The number of carboxylic acid groups (broad SMARTS) is 1. The van der Waals surface area contributed by atoms with Crippen LogP contribution in [0, 0.1) is 11.6 Å². The van der Waals surface area contributed by atoms with Gasteiger partial charge in [-0.05, 0) is 25.1 Å². The number of benzene rings is 1. The van der Waals surface area contributed by atoms with Gasteiger partial charge in [-0.25, -0.2) is 22.8 Å². The van der Waals surface area contributed by atoms with Gasteiger partial charge in [-0.3, -0.25) is 9.55 Å². The van der Waals surface area contributed by atoms with E-state index in [1.54, 1.807) is 0 Å². The molecule has 15 heteroatoms. The summed E-state index contributed by atoms with van der Waals surface area (Å²) in [5, 5.41) is 12.4. The summed E-state index contributed by atoms with van der Waals surface area (Å²) in [6.45, 7) is 4.22. The van der Waals surface area contributed by atoms with E-state index in [0.717, 1.165) is 6.20 Å². The van der Waals surface area contributed by atoms with Gasteiger partial charge in [-0.15, -0.1) is 5.10 Å². The van der Waals surface area contributed by atoms with E-state index in [-0.39, 0.29) is 16.2 Å². The van der Waals surface area contributed by atoms with E-state index in [0.29, 0.717) is 35.0 Å². The monoisotopic (exact) mass is 548 g/mol. The second-order valence-electron chi connectivity index (χ2n) is 7.19. The number of halogens is 7. The maximum Gasteiger partial charge on any atom is 0.429 e. The molecule has 3 rings (SSSR count). The molecule has 0 aliphatic carbocycles. The molecule has 3 aromatic rings. The van der Waals surface area contributed by atoms with Crippen molar-refractivity contribution in [2.45, 2.75) is 25.7 Å². The summed E-state index contributed by atoms with van der Waals surface area (Å²) in [6, 6.07) is 0.892. The highest BCUT2D eigenvalue weighted by Crippen LogP contribution is 2.36. The lowest BCUT2D eigenvalue weighted by molar-refractivity contribution is -0.179. The third-order valence-electron chi connectivity index (χ3n) is 4.86. The average Bonchev–Trinajstić information content (AvgIpc) is 3.15. The lowest BCUT2D eigenvalue weighted by atomic mass is 10.1. The number of alkyl halides is 3. The van der Waals surface area contributed by atoms with E-state index in [1.165, 1.54) is 6.92 Å². The molecule has 0 unspecified atom stereocenters. The minimum atomic E-state index is -5.04. The Balaban J connectivity index is 2.29. The molecular weight excluding hydrogens is 534 g/mol. The molecule has 0 spiro atoms. The number of aromatic carboxylic acids is 1. The molecule has 2 heterocycles. The SMILES string of the molecule is C=C[C@H](Oc1cc(-n2nc(C(=O)O)n(CC)c2=O)c(F)cc1/C(F)=C/c1c(F)cncc1Cl)C(F)(F)F. The van der Waals surface area contributed by atoms with Gasteiger partial charge in [0.05, 0.1) is 16.8 Å². The number of rotatable bonds is 8. The Morgan fingerprint density at radius 3 is 2.46 bits per heavy atom. The molecule has 0 radical (unpaired) electrons. The Bertz CT molecular complexity index is 1440. The number of pyridine rings is 1. The second kappa shape index (κ2) is 10.5. The van der Waals surface area contributed by atoms with Crippen molar-refractivity contribution in [2.24, 2.45) is 0 Å². The van der Waals surface area contributed by atoms with Gasteiger partial charge in [0, 0.05) is 24.4 Å². The maximum atomic E-state index is 15.2. The number of carbonyl (C=O) groups is 1. The van der Waals surface area contributed by atoms with Crippen LogP contribution in [0.2, 0.25) is 5.02 Å². The zero-order valence-electron chi connectivity index (χ0n) is 18.6. The van der Waals surface area contributed by atoms with Gasteiger partial charge < -0.3 is 9.84 Å². The first-order valence-corrected chi connectivity index (χ1v) is 10.5. The summed E-state index contributed by atoms with van der Waals surface area (Å²) < 4.78 is 90.2. The lowest BCUT2D eigenvalue weighted by Gasteiger charge is -2.21. The quantitative estimate of drug-likeness (QED) is 0.313. The van der Waals surface area contributed by atoms with Gasteiger partial charge in [-0.1, -0.05) is 18.2 Å². The second-order valence-corrected chi connectivity index (χ2v) is 7.60. The molecule has 8 nitrogen and oxygen atoms in total. The summed E-state index contributed by atoms with van der Waals surface area (Å²) in [5.41, 5.74) is -3.43. The number of hydrogen-bond acceptors (Lipinski definition) is 5. The molecule has 0 amide bonds. The summed E-state index contributed by atoms with van der Waals surface area (Å²) in [6.07, 6.45) is -5.26. The fourth-order valence-electron chi connectivity index (χ4n) is 3.13. The van der Waals surface area contributed by atoms with Crippen molar-refractivity contribution in [3.63, 3.8) is 0 Å². The summed E-state index contributed by atoms with van der Waals surface area (Å²) in [7, 11) is 0. The number of carboxylic acids is 1. The number of ether oxygens (including phenoxy) is 1. The van der Waals surface area contributed by atoms with Gasteiger partial charge in [0.15, 0.2) is 0 Å². The van der Waals surface area contributed by atoms with Crippen LogP contribution in [0.3, 0.4) is 0 Å². The van der Waals surface area contributed by atoms with Gasteiger partial charge in [-0.2, -0.15) is 17.9 Å². The Labute approximate surface area is 208 Å². The molecule has 0 aliphatic rings. The van der Waals surface area contributed by atoms with Crippen LogP contribution in [-0.2, 0) is 6.54 Å². The van der Waals surface area contributed by atoms with Crippen LogP contribution in [0.5, 0.6) is 5.75 Å². The van der Waals surface area contributed by atoms with E-state index in [1.807, 2.05) is 0 Å². The van der Waals surface area contributed by atoms with Crippen LogP contribution in [0.25, 0.3) is 17.6 Å². The molecule has 0 aliphatic heterocycles. The first-order valence-electron chi connectivity index (χ1n) is 10.1. The van der Waals surface area contributed by atoms with Crippen molar-refractivity contribution in [3.05, 3.63) is 81.3 Å². The van der Waals surface area contributed by atoms with Crippen molar-refractivity contribution in [3.8, 4) is 11.4 Å². The molecule has 0 saturated carbocycles. The Morgan fingerprint density at radius 1 is 1.27 bits per heavy atom. The average molecular weight is 549 g/mol. The molecule has 0 fully saturated rings. The Morgan fingerprint density at radius 2 is 1.95 bits per heavy atom. The molecule has 1 aromatic carbocycles. The van der Waals surface area contributed by atoms with E-state index >= 15 is 8.78 Å². The van der Waals surface area contributed by atoms with E-state index in [9.17, 15) is 32.3 Å². The molecule has 1 N–H and O–H groups in total. The van der Waals surface area contributed by atoms with Crippen molar-refractivity contribution >= 4 is 29.5 Å². The largest absolute Gasteiger partial charge is 0.476 e. The minimum absolute atomic E-state index is 0.189. The molecule has 2 aromatic heterocycles. The lowest BCUT2D eigenvalue weighted by Crippen LogP contribution is -2.32. The number of hydrogen-bond donors (Lipinski definition) is 1. The predicted molar refractivity (Wildman–Crippen MR) is 119 cm³/mol. The van der Waals surface area contributed by atoms with Gasteiger partial charge in [0.25, 0.3) is 0 Å². The van der Waals surface area contributed by atoms with E-state index < -0.39 is 69.8 Å². The van der Waals surface area contributed by atoms with E-state index in [2.05, 4.69) is 16.7 Å². The molecule has 0 bridgehead atoms. The highest BCUT2D eigenvalue weighted by molar-refractivity contribution is 6.32. The molecule has 0 saturated heterocycles. The van der Waals surface area contributed by atoms with Crippen LogP contribution in [0.4, 0.5) is 26.3 Å². The van der Waals surface area contributed by atoms with Crippen molar-refractivity contribution in [1.29, 1.82) is 0 Å². The maximum absolute atomic E-state index is 15.2. The van der Waals surface area contributed by atoms with Crippen molar-refractivity contribution in [1.82, 2.24) is 19.3 Å². The first kappa shape index (κ1) is 27.5.